The summed E-state index contributed by atoms with van der Waals surface area (Å²) >= 11 is 0. The first-order chi connectivity index (χ1) is 5.20. The molecule has 3 radical (unpaired) electrons. The number of anilines is 1. The molecule has 1 aromatic rings. The summed E-state index contributed by atoms with van der Waals surface area (Å²) < 4.78 is 12.1. The smallest absolute Gasteiger partial charge is 0.346 e. The van der Waals surface area contributed by atoms with E-state index in [-0.39, 0.29) is 5.82 Å². The van der Waals surface area contributed by atoms with E-state index in [2.05, 4.69) is 15.2 Å². The van der Waals surface area contributed by atoms with Crippen LogP contribution >= 0.6 is 0 Å². The van der Waals surface area contributed by atoms with Gasteiger partial charge in [0.2, 0.25) is 0 Å². The first-order valence-electron chi connectivity index (χ1n) is 2.70. The second-order valence-electron chi connectivity index (χ2n) is 1.45. The van der Waals surface area contributed by atoms with Crippen molar-refractivity contribution in [3.63, 3.8) is 0 Å². The monoisotopic (exact) mass is 172 g/mol. The topological polar surface area (TPSA) is 71.8 Å². The molecule has 0 fully saturated rings. The number of H-pyrrole nitrogens is 1. The van der Waals surface area contributed by atoms with Crippen molar-refractivity contribution in [2.75, 3.05) is 5.73 Å². The highest BCUT2D eigenvalue weighted by atomic mass is 28.1. The highest BCUT2D eigenvalue weighted by Crippen LogP contribution is 1.96. The SMILES string of the molecule is C[Si].Nc1[nH]c(=O)ncc1F. The molecule has 0 unspecified atom stereocenters. The van der Waals surface area contributed by atoms with Gasteiger partial charge in [-0.2, -0.15) is 4.98 Å². The molecule has 0 aromatic carbocycles. The fourth-order valence-corrected chi connectivity index (χ4v) is 0.392. The Hall–Kier alpha value is -1.17. The Morgan fingerprint density at radius 2 is 2.27 bits per heavy atom. The predicted molar refractivity (Wildman–Crippen MR) is 40.8 cm³/mol. The van der Waals surface area contributed by atoms with Crippen LogP contribution in [0.5, 0.6) is 0 Å². The molecule has 0 atom stereocenters. The van der Waals surface area contributed by atoms with Crippen LogP contribution in [-0.4, -0.2) is 20.2 Å². The highest BCUT2D eigenvalue weighted by molar-refractivity contribution is 6.05. The zero-order valence-electron chi connectivity index (χ0n) is 5.89. The third-order valence-electron chi connectivity index (χ3n) is 0.794. The van der Waals surface area contributed by atoms with Crippen molar-refractivity contribution in [2.45, 2.75) is 6.55 Å². The Morgan fingerprint density at radius 3 is 2.64 bits per heavy atom. The van der Waals surface area contributed by atoms with Gasteiger partial charge in [-0.05, 0) is 0 Å². The van der Waals surface area contributed by atoms with Crippen LogP contribution in [0.4, 0.5) is 10.2 Å². The van der Waals surface area contributed by atoms with Crippen molar-refractivity contribution < 1.29 is 4.39 Å². The Morgan fingerprint density at radius 1 is 1.73 bits per heavy atom. The van der Waals surface area contributed by atoms with Crippen molar-refractivity contribution in [1.82, 2.24) is 9.97 Å². The van der Waals surface area contributed by atoms with Crippen molar-refractivity contribution in [2.24, 2.45) is 0 Å². The van der Waals surface area contributed by atoms with Gasteiger partial charge in [0.15, 0.2) is 5.82 Å². The molecule has 11 heavy (non-hydrogen) atoms. The van der Waals surface area contributed by atoms with E-state index < -0.39 is 11.5 Å². The van der Waals surface area contributed by atoms with Crippen LogP contribution in [0.3, 0.4) is 0 Å². The maximum Gasteiger partial charge on any atom is 0.346 e. The summed E-state index contributed by atoms with van der Waals surface area (Å²) in [4.78, 5) is 15.3. The standard InChI is InChI=1S/C4H4FN3O.CH3Si/c5-2-1-7-4(9)8-3(2)6;1-2/h1H,(H3,6,7,8,9);1H3. The summed E-state index contributed by atoms with van der Waals surface area (Å²) in [7, 11) is 2.97. The maximum atomic E-state index is 12.1. The minimum atomic E-state index is -0.713. The molecule has 4 nitrogen and oxygen atoms in total. The Kier molecular flexibility index (Phi) is 4.12. The molecule has 0 aliphatic rings. The molecule has 0 spiro atoms. The second kappa shape index (κ2) is 4.61. The molecule has 0 bridgehead atoms. The first kappa shape index (κ1) is 9.83. The van der Waals surface area contributed by atoms with E-state index >= 15 is 0 Å². The lowest BCUT2D eigenvalue weighted by Crippen LogP contribution is -2.12. The normalized spacial score (nSPS) is 8.27. The van der Waals surface area contributed by atoms with Gasteiger partial charge < -0.3 is 5.73 Å². The van der Waals surface area contributed by atoms with E-state index in [9.17, 15) is 9.18 Å². The Balaban J connectivity index is 0.000000461. The number of rotatable bonds is 0. The molecule has 1 heterocycles. The molecule has 59 valence electrons. The van der Waals surface area contributed by atoms with Gasteiger partial charge in [0.1, 0.15) is 5.82 Å². The number of nitrogens with two attached hydrogens (primary N) is 1. The number of nitrogen functional groups attached to an aromatic ring is 1. The Bertz CT molecular complexity index is 275. The molecule has 0 aliphatic heterocycles. The number of nitrogens with zero attached hydrogens (tertiary/aromatic N) is 1. The van der Waals surface area contributed by atoms with Crippen LogP contribution in [0.25, 0.3) is 0 Å². The molecule has 3 N–H and O–H groups in total. The lowest BCUT2D eigenvalue weighted by Gasteiger charge is -1.89. The van der Waals surface area contributed by atoms with Crippen LogP contribution in [0.2, 0.25) is 6.55 Å². The quantitative estimate of drug-likeness (QED) is 0.527. The van der Waals surface area contributed by atoms with Crippen LogP contribution in [-0.2, 0) is 0 Å². The maximum absolute atomic E-state index is 12.1. The molecule has 1 rings (SSSR count). The number of halogens is 1. The van der Waals surface area contributed by atoms with Gasteiger partial charge in [-0.25, -0.2) is 9.18 Å². The van der Waals surface area contributed by atoms with Crippen molar-refractivity contribution >= 4 is 16.1 Å². The minimum Gasteiger partial charge on any atom is -0.383 e. The molecular weight excluding hydrogens is 165 g/mol. The minimum absolute atomic E-state index is 0.282. The van der Waals surface area contributed by atoms with Crippen LogP contribution < -0.4 is 11.4 Å². The van der Waals surface area contributed by atoms with E-state index in [0.717, 1.165) is 6.20 Å². The van der Waals surface area contributed by atoms with E-state index in [1.54, 1.807) is 6.55 Å². The van der Waals surface area contributed by atoms with Gasteiger partial charge in [0.05, 0.1) is 6.20 Å². The van der Waals surface area contributed by atoms with Crippen LogP contribution in [0, 0.1) is 5.82 Å². The van der Waals surface area contributed by atoms with Gasteiger partial charge in [0.25, 0.3) is 0 Å². The summed E-state index contributed by atoms with van der Waals surface area (Å²) in [6, 6.07) is 0. The summed E-state index contributed by atoms with van der Waals surface area (Å²) in [5, 5.41) is 0. The number of nitrogens with one attached hydrogen (secondary N) is 1. The average molecular weight is 172 g/mol. The number of hydrogen-bond donors (Lipinski definition) is 2. The molecular formula is C5H7FN3OSi. The fraction of sp³-hybridized carbons (Fsp3) is 0.200. The van der Waals surface area contributed by atoms with Gasteiger partial charge in [-0.15, -0.1) is 0 Å². The second-order valence-corrected chi connectivity index (χ2v) is 1.45. The lowest BCUT2D eigenvalue weighted by atomic mass is 10.6. The summed E-state index contributed by atoms with van der Waals surface area (Å²) in [6.07, 6.45) is 0.772. The van der Waals surface area contributed by atoms with Crippen molar-refractivity contribution in [1.29, 1.82) is 0 Å². The third-order valence-corrected chi connectivity index (χ3v) is 0.794. The average Bonchev–Trinajstić information content (AvgIpc) is 2.02. The molecule has 6 heteroatoms. The predicted octanol–water partition coefficient (Wildman–Crippen LogP) is -0.306. The largest absolute Gasteiger partial charge is 0.383 e. The number of aromatic amines is 1. The molecule has 0 saturated carbocycles. The molecule has 0 saturated heterocycles. The van der Waals surface area contributed by atoms with Gasteiger partial charge >= 0.3 is 5.69 Å². The van der Waals surface area contributed by atoms with E-state index in [4.69, 9.17) is 5.73 Å². The van der Waals surface area contributed by atoms with Crippen LogP contribution in [0.1, 0.15) is 0 Å². The molecule has 0 aliphatic carbocycles. The zero-order chi connectivity index (χ0) is 8.85. The van der Waals surface area contributed by atoms with Crippen LogP contribution in [0.15, 0.2) is 11.0 Å². The van der Waals surface area contributed by atoms with Gasteiger partial charge in [-0.1, -0.05) is 6.55 Å². The summed E-state index contributed by atoms with van der Waals surface area (Å²) in [6.45, 7) is 1.81. The molecule has 0 amide bonds. The first-order valence-corrected chi connectivity index (χ1v) is 3.70. The zero-order valence-corrected chi connectivity index (χ0v) is 6.89. The fourth-order valence-electron chi connectivity index (χ4n) is 0.392. The number of hydrogen-bond acceptors (Lipinski definition) is 3. The van der Waals surface area contributed by atoms with E-state index in [0.29, 0.717) is 0 Å². The van der Waals surface area contributed by atoms with E-state index in [1.165, 1.54) is 0 Å². The highest BCUT2D eigenvalue weighted by Gasteiger charge is 1.95. The van der Waals surface area contributed by atoms with E-state index in [1.807, 2.05) is 4.98 Å². The molecule has 1 aromatic heterocycles. The van der Waals surface area contributed by atoms with Gasteiger partial charge in [-0.3, -0.25) is 4.98 Å². The Labute approximate surface area is 66.1 Å². The summed E-state index contributed by atoms with van der Waals surface area (Å²) in [5.41, 5.74) is 4.31. The third kappa shape index (κ3) is 2.94. The van der Waals surface area contributed by atoms with Crippen molar-refractivity contribution in [3.05, 3.63) is 22.5 Å². The van der Waals surface area contributed by atoms with Gasteiger partial charge in [0, 0.05) is 10.2 Å². The lowest BCUT2D eigenvalue weighted by molar-refractivity contribution is 0.617. The summed E-state index contributed by atoms with van der Waals surface area (Å²) in [5.74, 6) is -0.996. The number of aromatic nitrogens is 2. The van der Waals surface area contributed by atoms with Crippen molar-refractivity contribution in [3.8, 4) is 0 Å².